The lowest BCUT2D eigenvalue weighted by Gasteiger charge is -2.09. The average Bonchev–Trinajstić information content (AvgIpc) is 2.29. The van der Waals surface area contributed by atoms with Crippen LogP contribution in [0.1, 0.15) is 31.7 Å². The van der Waals surface area contributed by atoms with Crippen LogP contribution in [0, 0.1) is 0 Å². The minimum absolute atomic E-state index is 0.250. The Kier molecular flexibility index (Phi) is 4.83. The molecule has 0 aliphatic rings. The van der Waals surface area contributed by atoms with E-state index in [0.717, 1.165) is 5.75 Å². The number of benzene rings is 1. The highest BCUT2D eigenvalue weighted by atomic mass is 16.5. The van der Waals surface area contributed by atoms with Gasteiger partial charge < -0.3 is 9.47 Å². The summed E-state index contributed by atoms with van der Waals surface area (Å²) in [5, 5.41) is 0. The van der Waals surface area contributed by atoms with Crippen LogP contribution in [0.25, 0.3) is 0 Å². The minimum Gasteiger partial charge on any atom is -0.493 e. The Morgan fingerprint density at radius 2 is 2.12 bits per heavy atom. The molecule has 1 rings (SSSR count). The summed E-state index contributed by atoms with van der Waals surface area (Å²) in [6, 6.07) is 7.92. The van der Waals surface area contributed by atoms with Crippen LogP contribution in [0.3, 0.4) is 0 Å². The maximum absolute atomic E-state index is 10.9. The standard InChI is InChI=1S/C13H18O3/c1-10(2)11-5-4-6-12(9-11)16-8-7-13(14)15-3/h4-6,9-10H,7-8H2,1-3H3. The first-order valence-electron chi connectivity index (χ1n) is 5.43. The van der Waals surface area contributed by atoms with Crippen molar-refractivity contribution in [1.29, 1.82) is 0 Å². The molecule has 0 spiro atoms. The summed E-state index contributed by atoms with van der Waals surface area (Å²) >= 11 is 0. The fourth-order valence-corrected chi connectivity index (χ4v) is 1.32. The third-order valence-electron chi connectivity index (χ3n) is 2.33. The predicted octanol–water partition coefficient (Wildman–Crippen LogP) is 2.75. The van der Waals surface area contributed by atoms with Crippen molar-refractivity contribution in [1.82, 2.24) is 0 Å². The van der Waals surface area contributed by atoms with Crippen LogP contribution in [0.15, 0.2) is 24.3 Å². The van der Waals surface area contributed by atoms with Crippen LogP contribution < -0.4 is 4.74 Å². The monoisotopic (exact) mass is 222 g/mol. The molecule has 0 fully saturated rings. The Labute approximate surface area is 96.4 Å². The van der Waals surface area contributed by atoms with Gasteiger partial charge in [0.1, 0.15) is 5.75 Å². The second-order valence-corrected chi connectivity index (χ2v) is 3.90. The smallest absolute Gasteiger partial charge is 0.308 e. The largest absolute Gasteiger partial charge is 0.493 e. The molecule has 0 radical (unpaired) electrons. The summed E-state index contributed by atoms with van der Waals surface area (Å²) in [6.45, 7) is 4.62. The number of carbonyl (C=O) groups excluding carboxylic acids is 1. The lowest BCUT2D eigenvalue weighted by Crippen LogP contribution is -2.07. The summed E-state index contributed by atoms with van der Waals surface area (Å²) in [5.74, 6) is 1.03. The van der Waals surface area contributed by atoms with Crippen molar-refractivity contribution < 1.29 is 14.3 Å². The van der Waals surface area contributed by atoms with Crippen molar-refractivity contribution in [3.63, 3.8) is 0 Å². The number of hydrogen-bond acceptors (Lipinski definition) is 3. The summed E-state index contributed by atoms with van der Waals surface area (Å²) in [7, 11) is 1.38. The molecular formula is C13H18O3. The fourth-order valence-electron chi connectivity index (χ4n) is 1.32. The van der Waals surface area contributed by atoms with E-state index in [0.29, 0.717) is 12.5 Å². The van der Waals surface area contributed by atoms with Gasteiger partial charge in [-0.3, -0.25) is 4.79 Å². The highest BCUT2D eigenvalue weighted by Gasteiger charge is 2.03. The molecule has 88 valence electrons. The maximum atomic E-state index is 10.9. The topological polar surface area (TPSA) is 35.5 Å². The molecule has 16 heavy (non-hydrogen) atoms. The van der Waals surface area contributed by atoms with Gasteiger partial charge in [-0.05, 0) is 23.6 Å². The lowest BCUT2D eigenvalue weighted by atomic mass is 10.0. The van der Waals surface area contributed by atoms with Crippen LogP contribution in [-0.2, 0) is 9.53 Å². The molecule has 0 aliphatic carbocycles. The molecule has 0 saturated heterocycles. The van der Waals surface area contributed by atoms with E-state index in [1.165, 1.54) is 12.7 Å². The first-order valence-corrected chi connectivity index (χ1v) is 5.43. The summed E-state index contributed by atoms with van der Waals surface area (Å²) in [5.41, 5.74) is 1.23. The highest BCUT2D eigenvalue weighted by Crippen LogP contribution is 2.20. The Bertz CT molecular complexity index is 345. The van der Waals surface area contributed by atoms with Crippen LogP contribution >= 0.6 is 0 Å². The van der Waals surface area contributed by atoms with Gasteiger partial charge in [0.15, 0.2) is 0 Å². The van der Waals surface area contributed by atoms with Gasteiger partial charge in [-0.15, -0.1) is 0 Å². The van der Waals surface area contributed by atoms with Crippen molar-refractivity contribution in [3.05, 3.63) is 29.8 Å². The van der Waals surface area contributed by atoms with E-state index in [4.69, 9.17) is 4.74 Å². The summed E-state index contributed by atoms with van der Waals surface area (Å²) in [4.78, 5) is 10.9. The Hall–Kier alpha value is -1.51. The van der Waals surface area contributed by atoms with Crippen LogP contribution in [-0.4, -0.2) is 19.7 Å². The van der Waals surface area contributed by atoms with Gasteiger partial charge in [0.05, 0.1) is 20.1 Å². The second-order valence-electron chi connectivity index (χ2n) is 3.90. The van der Waals surface area contributed by atoms with Gasteiger partial charge >= 0.3 is 5.97 Å². The van der Waals surface area contributed by atoms with Gasteiger partial charge in [0.25, 0.3) is 0 Å². The van der Waals surface area contributed by atoms with Gasteiger partial charge in [-0.25, -0.2) is 0 Å². The third-order valence-corrected chi connectivity index (χ3v) is 2.33. The Morgan fingerprint density at radius 1 is 1.38 bits per heavy atom. The minimum atomic E-state index is -0.250. The van der Waals surface area contributed by atoms with E-state index in [1.807, 2.05) is 18.2 Å². The molecule has 0 heterocycles. The molecule has 0 amide bonds. The van der Waals surface area contributed by atoms with Gasteiger partial charge in [0, 0.05) is 0 Å². The van der Waals surface area contributed by atoms with Crippen molar-refractivity contribution in [2.45, 2.75) is 26.2 Å². The molecule has 0 atom stereocenters. The molecule has 0 bridgehead atoms. The quantitative estimate of drug-likeness (QED) is 0.719. The van der Waals surface area contributed by atoms with Crippen molar-refractivity contribution in [2.24, 2.45) is 0 Å². The van der Waals surface area contributed by atoms with Crippen molar-refractivity contribution in [3.8, 4) is 5.75 Å². The van der Waals surface area contributed by atoms with Crippen LogP contribution in [0.5, 0.6) is 5.75 Å². The normalized spacial score (nSPS) is 10.2. The number of hydrogen-bond donors (Lipinski definition) is 0. The van der Waals surface area contributed by atoms with E-state index in [-0.39, 0.29) is 12.4 Å². The zero-order valence-corrected chi connectivity index (χ0v) is 10.0. The third kappa shape index (κ3) is 3.93. The zero-order chi connectivity index (χ0) is 12.0. The summed E-state index contributed by atoms with van der Waals surface area (Å²) in [6.07, 6.45) is 0.280. The zero-order valence-electron chi connectivity index (χ0n) is 10.0. The highest BCUT2D eigenvalue weighted by molar-refractivity contribution is 5.69. The van der Waals surface area contributed by atoms with Crippen molar-refractivity contribution >= 4 is 5.97 Å². The van der Waals surface area contributed by atoms with Crippen LogP contribution in [0.4, 0.5) is 0 Å². The van der Waals surface area contributed by atoms with E-state index >= 15 is 0 Å². The van der Waals surface area contributed by atoms with E-state index in [9.17, 15) is 4.79 Å². The van der Waals surface area contributed by atoms with Gasteiger partial charge in [-0.1, -0.05) is 26.0 Å². The van der Waals surface area contributed by atoms with E-state index in [1.54, 1.807) is 0 Å². The first-order chi connectivity index (χ1) is 7.63. The second kappa shape index (κ2) is 6.16. The van der Waals surface area contributed by atoms with Gasteiger partial charge in [0.2, 0.25) is 0 Å². The van der Waals surface area contributed by atoms with Crippen molar-refractivity contribution in [2.75, 3.05) is 13.7 Å². The Balaban J connectivity index is 2.48. The van der Waals surface area contributed by atoms with E-state index in [2.05, 4.69) is 24.7 Å². The molecule has 1 aromatic carbocycles. The number of methoxy groups -OCH3 is 1. The fraction of sp³-hybridized carbons (Fsp3) is 0.462. The molecule has 0 unspecified atom stereocenters. The number of carbonyl (C=O) groups is 1. The maximum Gasteiger partial charge on any atom is 0.308 e. The lowest BCUT2D eigenvalue weighted by molar-refractivity contribution is -0.141. The molecule has 3 heteroatoms. The number of esters is 1. The van der Waals surface area contributed by atoms with Crippen LogP contribution in [0.2, 0.25) is 0 Å². The average molecular weight is 222 g/mol. The molecule has 0 aromatic heterocycles. The Morgan fingerprint density at radius 3 is 2.75 bits per heavy atom. The number of rotatable bonds is 5. The molecule has 0 N–H and O–H groups in total. The molecule has 1 aromatic rings. The SMILES string of the molecule is COC(=O)CCOc1cccc(C(C)C)c1. The van der Waals surface area contributed by atoms with E-state index < -0.39 is 0 Å². The summed E-state index contributed by atoms with van der Waals surface area (Å²) < 4.78 is 10.00. The molecule has 0 aliphatic heterocycles. The predicted molar refractivity (Wildman–Crippen MR) is 62.7 cm³/mol. The number of ether oxygens (including phenoxy) is 2. The molecule has 3 nitrogen and oxygen atoms in total. The van der Waals surface area contributed by atoms with Gasteiger partial charge in [-0.2, -0.15) is 0 Å². The first kappa shape index (κ1) is 12.6. The molecule has 0 saturated carbocycles. The molecular weight excluding hydrogens is 204 g/mol.